The van der Waals surface area contributed by atoms with Crippen molar-refractivity contribution in [1.82, 2.24) is 10.3 Å². The smallest absolute Gasteiger partial charge is 0.112 e. The Morgan fingerprint density at radius 2 is 1.81 bits per heavy atom. The van der Waals surface area contributed by atoms with Gasteiger partial charge in [0.2, 0.25) is 0 Å². The number of alkyl halides is 1. The number of unbranched alkanes of at least 4 members (excludes halogenated alkanes) is 2. The van der Waals surface area contributed by atoms with Crippen molar-refractivity contribution in [2.75, 3.05) is 6.54 Å². The molecule has 1 aromatic carbocycles. The van der Waals surface area contributed by atoms with Gasteiger partial charge in [0.15, 0.2) is 0 Å². The average molecular weight is 443 g/mol. The minimum Gasteiger partial charge on any atom is -0.392 e. The molecule has 178 valence electrons. The molecule has 3 nitrogen and oxygen atoms in total. The highest BCUT2D eigenvalue weighted by Gasteiger charge is 2.23. The van der Waals surface area contributed by atoms with E-state index in [1.807, 2.05) is 13.1 Å². The second-order valence-corrected chi connectivity index (χ2v) is 9.50. The molecule has 0 aliphatic rings. The van der Waals surface area contributed by atoms with E-state index < -0.39 is 6.17 Å². The zero-order valence-corrected chi connectivity index (χ0v) is 21.0. The first-order valence-electron chi connectivity index (χ1n) is 12.4. The molecular formula is C28H43FN2O. The van der Waals surface area contributed by atoms with Crippen molar-refractivity contribution < 1.29 is 9.50 Å². The lowest BCUT2D eigenvalue weighted by Gasteiger charge is -2.26. The Bertz CT molecular complexity index is 830. The number of rotatable bonds is 13. The number of aryl methyl sites for hydroxylation is 1. The Kier molecular flexibility index (Phi) is 10.8. The Labute approximate surface area is 194 Å². The molecule has 1 unspecified atom stereocenters. The number of pyridine rings is 1. The maximum absolute atomic E-state index is 13.7. The Morgan fingerprint density at radius 3 is 2.34 bits per heavy atom. The molecule has 0 saturated carbocycles. The molecule has 0 aliphatic carbocycles. The van der Waals surface area contributed by atoms with E-state index in [0.717, 1.165) is 34.4 Å². The number of aromatic nitrogens is 1. The second-order valence-electron chi connectivity index (χ2n) is 9.50. The summed E-state index contributed by atoms with van der Waals surface area (Å²) in [5.74, 6) is 0.546. The van der Waals surface area contributed by atoms with E-state index in [-0.39, 0.29) is 12.5 Å². The summed E-state index contributed by atoms with van der Waals surface area (Å²) in [6, 6.07) is 6.54. The lowest BCUT2D eigenvalue weighted by Crippen LogP contribution is -2.24. The van der Waals surface area contributed by atoms with Crippen molar-refractivity contribution in [1.29, 1.82) is 0 Å². The van der Waals surface area contributed by atoms with Crippen LogP contribution in [0.5, 0.6) is 0 Å². The zero-order chi connectivity index (χ0) is 23.7. The molecule has 0 radical (unpaired) electrons. The van der Waals surface area contributed by atoms with Crippen molar-refractivity contribution in [2.24, 2.45) is 0 Å². The molecule has 0 aliphatic heterocycles. The summed E-state index contributed by atoms with van der Waals surface area (Å²) in [4.78, 5) is 4.87. The second kappa shape index (κ2) is 13.1. The Balaban J connectivity index is 2.51. The van der Waals surface area contributed by atoms with Crippen molar-refractivity contribution >= 4 is 0 Å². The third-order valence-electron chi connectivity index (χ3n) is 6.23. The van der Waals surface area contributed by atoms with E-state index in [1.54, 1.807) is 0 Å². The monoisotopic (exact) mass is 442 g/mol. The number of hydrogen-bond donors (Lipinski definition) is 2. The number of benzene rings is 1. The summed E-state index contributed by atoms with van der Waals surface area (Å²) in [6.45, 7) is 13.7. The molecule has 0 spiro atoms. The predicted molar refractivity (Wildman–Crippen MR) is 134 cm³/mol. The SMILES string of the molecule is CCCCCc1ccc(-c2c(C(C)C)cc(CNCC(F)CC)c(CO)c2C(C)C)nc1. The number of halogens is 1. The van der Waals surface area contributed by atoms with Crippen molar-refractivity contribution in [3.8, 4) is 11.3 Å². The highest BCUT2D eigenvalue weighted by molar-refractivity contribution is 5.72. The van der Waals surface area contributed by atoms with Crippen molar-refractivity contribution in [2.45, 2.75) is 105 Å². The van der Waals surface area contributed by atoms with Crippen molar-refractivity contribution in [3.63, 3.8) is 0 Å². The highest BCUT2D eigenvalue weighted by atomic mass is 19.1. The van der Waals surface area contributed by atoms with Crippen LogP contribution < -0.4 is 5.32 Å². The van der Waals surface area contributed by atoms with Crippen LogP contribution in [-0.4, -0.2) is 22.8 Å². The van der Waals surface area contributed by atoms with Gasteiger partial charge in [-0.15, -0.1) is 0 Å². The Hall–Kier alpha value is -1.78. The van der Waals surface area contributed by atoms with E-state index in [2.05, 4.69) is 58.1 Å². The van der Waals surface area contributed by atoms with Gasteiger partial charge in [0.25, 0.3) is 0 Å². The van der Waals surface area contributed by atoms with Crippen LogP contribution in [0, 0.1) is 0 Å². The van der Waals surface area contributed by atoms with Crippen molar-refractivity contribution in [3.05, 3.63) is 52.2 Å². The molecule has 2 N–H and O–H groups in total. The molecule has 1 heterocycles. The van der Waals surface area contributed by atoms with Gasteiger partial charge in [-0.25, -0.2) is 4.39 Å². The van der Waals surface area contributed by atoms with Gasteiger partial charge in [-0.05, 0) is 65.0 Å². The number of aliphatic hydroxyl groups is 1. The molecule has 0 bridgehead atoms. The molecular weight excluding hydrogens is 399 g/mol. The van der Waals surface area contributed by atoms with Gasteiger partial charge in [0.05, 0.1) is 12.3 Å². The number of hydrogen-bond acceptors (Lipinski definition) is 3. The van der Waals surface area contributed by atoms with Crippen LogP contribution in [0.1, 0.15) is 107 Å². The highest BCUT2D eigenvalue weighted by Crippen LogP contribution is 2.39. The lowest BCUT2D eigenvalue weighted by atomic mass is 9.81. The zero-order valence-electron chi connectivity index (χ0n) is 21.0. The summed E-state index contributed by atoms with van der Waals surface area (Å²) in [7, 11) is 0. The molecule has 1 atom stereocenters. The van der Waals surface area contributed by atoms with Crippen LogP contribution in [0.2, 0.25) is 0 Å². The Morgan fingerprint density at radius 1 is 1.06 bits per heavy atom. The van der Waals surface area contributed by atoms with Gasteiger partial charge >= 0.3 is 0 Å². The van der Waals surface area contributed by atoms with E-state index in [0.29, 0.717) is 25.4 Å². The maximum atomic E-state index is 13.7. The van der Waals surface area contributed by atoms with Gasteiger partial charge in [-0.1, -0.05) is 66.5 Å². The molecule has 4 heteroatoms. The fourth-order valence-corrected chi connectivity index (χ4v) is 4.36. The predicted octanol–water partition coefficient (Wildman–Crippen LogP) is 7.06. The molecule has 32 heavy (non-hydrogen) atoms. The largest absolute Gasteiger partial charge is 0.392 e. The third-order valence-corrected chi connectivity index (χ3v) is 6.23. The molecule has 2 rings (SSSR count). The molecule has 0 saturated heterocycles. The molecule has 0 amide bonds. The first kappa shape index (κ1) is 26.5. The van der Waals surface area contributed by atoms with Gasteiger partial charge in [-0.3, -0.25) is 4.98 Å². The quantitative estimate of drug-likeness (QED) is 0.326. The third kappa shape index (κ3) is 6.86. The normalized spacial score (nSPS) is 12.7. The lowest BCUT2D eigenvalue weighted by molar-refractivity contribution is 0.277. The molecule has 1 aromatic heterocycles. The van der Waals surface area contributed by atoms with E-state index in [1.165, 1.54) is 30.4 Å². The first-order chi connectivity index (χ1) is 15.3. The summed E-state index contributed by atoms with van der Waals surface area (Å²) in [5.41, 5.74) is 7.81. The fourth-order valence-electron chi connectivity index (χ4n) is 4.36. The maximum Gasteiger partial charge on any atom is 0.112 e. The average Bonchev–Trinajstić information content (AvgIpc) is 2.78. The van der Waals surface area contributed by atoms with Crippen LogP contribution in [0.3, 0.4) is 0 Å². The van der Waals surface area contributed by atoms with Crippen LogP contribution >= 0.6 is 0 Å². The summed E-state index contributed by atoms with van der Waals surface area (Å²) in [6.07, 6.45) is 6.40. The fraction of sp³-hybridized carbons (Fsp3) is 0.607. The topological polar surface area (TPSA) is 45.1 Å². The summed E-state index contributed by atoms with van der Waals surface area (Å²) >= 11 is 0. The van der Waals surface area contributed by atoms with E-state index in [9.17, 15) is 9.50 Å². The van der Waals surface area contributed by atoms with Gasteiger partial charge < -0.3 is 10.4 Å². The van der Waals surface area contributed by atoms with Gasteiger partial charge in [0, 0.05) is 24.8 Å². The summed E-state index contributed by atoms with van der Waals surface area (Å²) < 4.78 is 13.7. The van der Waals surface area contributed by atoms with E-state index >= 15 is 0 Å². The minimum absolute atomic E-state index is 0.0299. The number of nitrogens with zero attached hydrogens (tertiary/aromatic N) is 1. The number of aliphatic hydroxyl groups excluding tert-OH is 1. The van der Waals surface area contributed by atoms with Gasteiger partial charge in [-0.2, -0.15) is 0 Å². The first-order valence-corrected chi connectivity index (χ1v) is 12.4. The minimum atomic E-state index is -0.846. The van der Waals surface area contributed by atoms with Gasteiger partial charge in [0.1, 0.15) is 6.17 Å². The number of nitrogens with one attached hydrogen (secondary N) is 1. The molecule has 0 fully saturated rings. The van der Waals surface area contributed by atoms with Crippen LogP contribution in [0.15, 0.2) is 24.4 Å². The van der Waals surface area contributed by atoms with Crippen LogP contribution in [0.25, 0.3) is 11.3 Å². The van der Waals surface area contributed by atoms with Crippen LogP contribution in [0.4, 0.5) is 4.39 Å². The van der Waals surface area contributed by atoms with E-state index in [4.69, 9.17) is 4.98 Å². The molecule has 2 aromatic rings. The van der Waals surface area contributed by atoms with Crippen LogP contribution in [-0.2, 0) is 19.6 Å². The standard InChI is InChI=1S/C28H43FN2O/c1-7-9-10-11-21-12-13-26(31-15-21)28-24(19(3)4)14-22(16-30-17-23(29)8-2)25(18-32)27(28)20(5)6/h12-15,19-20,23,30,32H,7-11,16-18H2,1-6H3. The summed E-state index contributed by atoms with van der Waals surface area (Å²) in [5, 5.41) is 13.6.